The zero-order chi connectivity index (χ0) is 10.6. The van der Waals surface area contributed by atoms with Gasteiger partial charge < -0.3 is 15.7 Å². The number of nitrogens with two attached hydrogens (primary N) is 1. The van der Waals surface area contributed by atoms with Crippen molar-refractivity contribution >= 4 is 23.8 Å². The molecule has 0 aromatic heterocycles. The predicted molar refractivity (Wildman–Crippen MR) is 47.0 cm³/mol. The summed E-state index contributed by atoms with van der Waals surface area (Å²) in [6, 6.07) is 0. The Labute approximate surface area is 82.5 Å². The number of aliphatic carboxylic acids is 1. The monoisotopic (exact) mass is 222 g/mol. The van der Waals surface area contributed by atoms with Gasteiger partial charge >= 0.3 is 5.97 Å². The molecular formula is C5H7FN4O3S. The summed E-state index contributed by atoms with van der Waals surface area (Å²) in [5, 5.41) is 13.1. The van der Waals surface area contributed by atoms with Crippen molar-refractivity contribution < 1.29 is 19.1 Å². The van der Waals surface area contributed by atoms with Gasteiger partial charge in [-0.2, -0.15) is 4.83 Å². The molecule has 0 amide bonds. The first-order chi connectivity index (χ1) is 6.65. The highest BCUT2D eigenvalue weighted by atomic mass is 32.2. The molecule has 4 N–H and O–H groups in total. The fourth-order valence-corrected chi connectivity index (χ4v) is 1.16. The molecule has 0 fully saturated rings. The Hall–Kier alpha value is -1.48. The summed E-state index contributed by atoms with van der Waals surface area (Å²) >= 11 is 1.01. The number of hydrogen-bond donors (Lipinski definition) is 3. The first kappa shape index (κ1) is 10.6. The topological polar surface area (TPSA) is 100 Å². The number of carbonyl (C=O) groups is 1. The number of nitrogens with one attached hydrogen (secondary N) is 1. The minimum Gasteiger partial charge on any atom is -0.475 e. The third kappa shape index (κ3) is 2.50. The number of nitrogens with zero attached hydrogens (tertiary/aromatic N) is 2. The van der Waals surface area contributed by atoms with Gasteiger partial charge in [0.15, 0.2) is 0 Å². The lowest BCUT2D eigenvalue weighted by molar-refractivity contribution is -0.130. The van der Waals surface area contributed by atoms with Crippen molar-refractivity contribution in [2.24, 2.45) is 10.9 Å². The molecule has 0 bridgehead atoms. The normalized spacial score (nSPS) is 16.8. The summed E-state index contributed by atoms with van der Waals surface area (Å²) < 4.78 is 11.6. The highest BCUT2D eigenvalue weighted by Gasteiger charge is 2.22. The van der Waals surface area contributed by atoms with Crippen LogP contribution >= 0.6 is 11.9 Å². The molecule has 1 aliphatic rings. The van der Waals surface area contributed by atoms with Crippen LogP contribution in [0.4, 0.5) is 4.39 Å². The van der Waals surface area contributed by atoms with Crippen LogP contribution in [0.25, 0.3) is 0 Å². The minimum absolute atomic E-state index is 0.360. The van der Waals surface area contributed by atoms with E-state index < -0.39 is 18.7 Å². The molecule has 9 heteroatoms. The van der Waals surface area contributed by atoms with Gasteiger partial charge in [0.2, 0.25) is 0 Å². The zero-order valence-electron chi connectivity index (χ0n) is 6.81. The molecule has 78 valence electrons. The largest absolute Gasteiger partial charge is 0.475 e. The predicted octanol–water partition coefficient (Wildman–Crippen LogP) is -0.446. The molecule has 14 heavy (non-hydrogen) atoms. The number of carboxylic acids is 1. The molecule has 0 aromatic rings. The fourth-order valence-electron chi connectivity index (χ4n) is 0.658. The number of rotatable bonds is 2. The van der Waals surface area contributed by atoms with Gasteiger partial charge in [0, 0.05) is 0 Å². The molecule has 0 unspecified atom stereocenters. The van der Waals surface area contributed by atoms with E-state index in [-0.39, 0.29) is 0 Å². The summed E-state index contributed by atoms with van der Waals surface area (Å²) in [5.74, 6) is -1.87. The van der Waals surface area contributed by atoms with Crippen LogP contribution in [-0.2, 0) is 9.63 Å². The number of alkyl halides is 1. The van der Waals surface area contributed by atoms with Crippen molar-refractivity contribution in [2.45, 2.75) is 0 Å². The molecule has 0 aromatic carbocycles. The lowest BCUT2D eigenvalue weighted by atomic mass is 10.6. The second-order valence-electron chi connectivity index (χ2n) is 2.05. The maximum atomic E-state index is 11.6. The van der Waals surface area contributed by atoms with Gasteiger partial charge in [-0.1, -0.05) is 5.16 Å². The van der Waals surface area contributed by atoms with E-state index in [1.54, 1.807) is 0 Å². The molecule has 0 spiro atoms. The summed E-state index contributed by atoms with van der Waals surface area (Å²) in [7, 11) is 0. The Bertz CT molecular complexity index is 295. The summed E-state index contributed by atoms with van der Waals surface area (Å²) in [4.78, 5) is 17.1. The van der Waals surface area contributed by atoms with E-state index in [2.05, 4.69) is 14.8 Å². The molecule has 0 aliphatic carbocycles. The molecule has 0 radical (unpaired) electrons. The van der Waals surface area contributed by atoms with Crippen LogP contribution in [0.1, 0.15) is 0 Å². The van der Waals surface area contributed by atoms with Crippen molar-refractivity contribution in [1.29, 1.82) is 0 Å². The third-order valence-electron chi connectivity index (χ3n) is 1.14. The summed E-state index contributed by atoms with van der Waals surface area (Å²) in [6.07, 6.45) is 1.29. The fraction of sp³-hybridized carbons (Fsp3) is 0.200. The Morgan fingerprint density at radius 2 is 2.64 bits per heavy atom. The number of hydrogen-bond acceptors (Lipinski definition) is 6. The Morgan fingerprint density at radius 3 is 3.07 bits per heavy atom. The third-order valence-corrected chi connectivity index (χ3v) is 1.77. The van der Waals surface area contributed by atoms with Crippen molar-refractivity contribution in [3.05, 3.63) is 11.2 Å². The lowest BCUT2D eigenvalue weighted by Gasteiger charge is -2.11. The van der Waals surface area contributed by atoms with Gasteiger partial charge in [0.25, 0.3) is 12.7 Å². The molecule has 0 saturated carbocycles. The van der Waals surface area contributed by atoms with E-state index in [1.807, 2.05) is 0 Å². The maximum absolute atomic E-state index is 11.6. The van der Waals surface area contributed by atoms with Crippen LogP contribution in [-0.4, -0.2) is 28.8 Å². The molecule has 1 heterocycles. The number of oxime groups is 1. The van der Waals surface area contributed by atoms with Crippen LogP contribution < -0.4 is 10.6 Å². The van der Waals surface area contributed by atoms with Crippen molar-refractivity contribution in [1.82, 2.24) is 9.84 Å². The number of hydrazine groups is 1. The summed E-state index contributed by atoms with van der Waals surface area (Å²) in [5.41, 5.74) is 5.35. The van der Waals surface area contributed by atoms with Crippen LogP contribution in [0.5, 0.6) is 0 Å². The molecule has 1 aliphatic heterocycles. The second-order valence-corrected chi connectivity index (χ2v) is 2.91. The van der Waals surface area contributed by atoms with Gasteiger partial charge in [-0.25, -0.2) is 14.2 Å². The zero-order valence-corrected chi connectivity index (χ0v) is 7.62. The summed E-state index contributed by atoms with van der Waals surface area (Å²) in [6.45, 7) is -1.20. The number of carboxylic acid groups (broad SMARTS) is 1. The first-order valence-electron chi connectivity index (χ1n) is 3.33. The Balaban J connectivity index is 2.73. The van der Waals surface area contributed by atoms with E-state index in [0.717, 1.165) is 17.0 Å². The number of amidine groups is 1. The van der Waals surface area contributed by atoms with Crippen molar-refractivity contribution in [2.75, 3.05) is 6.86 Å². The van der Waals surface area contributed by atoms with Crippen LogP contribution in [0.3, 0.4) is 0 Å². The minimum atomic E-state index is -1.36. The average Bonchev–Trinajstić information content (AvgIpc) is 2.52. The lowest BCUT2D eigenvalue weighted by Crippen LogP contribution is -2.37. The maximum Gasteiger partial charge on any atom is 0.377 e. The quantitative estimate of drug-likeness (QED) is 0.252. The SMILES string of the molecule is NC1=CN(/C(=N\OCF)C(=O)O)NS1. The highest BCUT2D eigenvalue weighted by molar-refractivity contribution is 8.01. The van der Waals surface area contributed by atoms with Crippen LogP contribution in [0, 0.1) is 0 Å². The van der Waals surface area contributed by atoms with Crippen LogP contribution in [0.15, 0.2) is 16.4 Å². The van der Waals surface area contributed by atoms with Gasteiger partial charge in [-0.3, -0.25) is 0 Å². The standard InChI is InChI=1S/C5H7FN4O3S/c6-2-13-8-4(5(11)12)10-1-3(7)14-9-10/h1,9H,2,7H2,(H,11,12)/b8-4-. The smallest absolute Gasteiger partial charge is 0.377 e. The molecule has 7 nitrogen and oxygen atoms in total. The molecule has 1 rings (SSSR count). The van der Waals surface area contributed by atoms with Crippen LogP contribution in [0.2, 0.25) is 0 Å². The van der Waals surface area contributed by atoms with Gasteiger partial charge in [-0.05, 0) is 11.9 Å². The van der Waals surface area contributed by atoms with E-state index in [4.69, 9.17) is 10.8 Å². The van der Waals surface area contributed by atoms with E-state index >= 15 is 0 Å². The van der Waals surface area contributed by atoms with E-state index in [1.165, 1.54) is 6.20 Å². The average molecular weight is 222 g/mol. The first-order valence-corrected chi connectivity index (χ1v) is 4.15. The Morgan fingerprint density at radius 1 is 1.93 bits per heavy atom. The molecule has 0 saturated heterocycles. The van der Waals surface area contributed by atoms with Gasteiger partial charge in [-0.15, -0.1) is 0 Å². The van der Waals surface area contributed by atoms with Gasteiger partial charge in [0.1, 0.15) is 5.03 Å². The van der Waals surface area contributed by atoms with E-state index in [0.29, 0.717) is 5.03 Å². The van der Waals surface area contributed by atoms with Crippen molar-refractivity contribution in [3.8, 4) is 0 Å². The van der Waals surface area contributed by atoms with Gasteiger partial charge in [0.05, 0.1) is 6.20 Å². The molecular weight excluding hydrogens is 215 g/mol. The number of halogens is 1. The molecule has 0 atom stereocenters. The van der Waals surface area contributed by atoms with E-state index in [9.17, 15) is 9.18 Å². The highest BCUT2D eigenvalue weighted by Crippen LogP contribution is 2.14. The van der Waals surface area contributed by atoms with Crippen molar-refractivity contribution in [3.63, 3.8) is 0 Å². The Kier molecular flexibility index (Phi) is 3.54. The second kappa shape index (κ2) is 4.67.